The number of para-hydroxylation sites is 1. The molecule has 4 rings (SSSR count). The predicted molar refractivity (Wildman–Crippen MR) is 123 cm³/mol. The van der Waals surface area contributed by atoms with Crippen LogP contribution in [0.4, 0.5) is 5.69 Å². The van der Waals surface area contributed by atoms with Gasteiger partial charge >= 0.3 is 0 Å². The number of piperidine rings is 1. The number of anilines is 1. The van der Waals surface area contributed by atoms with E-state index >= 15 is 0 Å². The molecule has 0 radical (unpaired) electrons. The fourth-order valence-corrected chi connectivity index (χ4v) is 5.23. The second-order valence-electron chi connectivity index (χ2n) is 7.75. The van der Waals surface area contributed by atoms with Crippen molar-refractivity contribution in [3.63, 3.8) is 0 Å². The molecule has 0 saturated carbocycles. The number of carbonyl (C=O) groups is 1. The van der Waals surface area contributed by atoms with Crippen molar-refractivity contribution >= 4 is 21.6 Å². The summed E-state index contributed by atoms with van der Waals surface area (Å²) < 4.78 is 27.1. The SMILES string of the molecule is O=C(NN(Cc1ccccc1)c1ccccc1)C1CCN(S(=O)(=O)c2cccnc2)CC1. The average molecular weight is 451 g/mol. The molecule has 7 nitrogen and oxygen atoms in total. The number of nitrogens with zero attached hydrogens (tertiary/aromatic N) is 3. The van der Waals surface area contributed by atoms with Crippen LogP contribution in [-0.4, -0.2) is 36.7 Å². The minimum Gasteiger partial charge on any atom is -0.281 e. The normalized spacial score (nSPS) is 15.2. The van der Waals surface area contributed by atoms with Crippen LogP contribution >= 0.6 is 0 Å². The second-order valence-corrected chi connectivity index (χ2v) is 9.69. The minimum atomic E-state index is -3.59. The zero-order valence-corrected chi connectivity index (χ0v) is 18.5. The second kappa shape index (κ2) is 9.93. The zero-order chi connectivity index (χ0) is 22.4. The Hall–Kier alpha value is -3.23. The predicted octanol–water partition coefficient (Wildman–Crippen LogP) is 3.22. The van der Waals surface area contributed by atoms with Crippen molar-refractivity contribution in [1.29, 1.82) is 0 Å². The molecular formula is C24H26N4O3S. The highest BCUT2D eigenvalue weighted by Crippen LogP contribution is 2.24. The Kier molecular flexibility index (Phi) is 6.82. The van der Waals surface area contributed by atoms with Crippen molar-refractivity contribution < 1.29 is 13.2 Å². The van der Waals surface area contributed by atoms with E-state index in [1.54, 1.807) is 18.3 Å². The van der Waals surface area contributed by atoms with Crippen LogP contribution in [0, 0.1) is 5.92 Å². The molecule has 1 N–H and O–H groups in total. The Morgan fingerprint density at radius 2 is 1.62 bits per heavy atom. The molecule has 8 heteroatoms. The van der Waals surface area contributed by atoms with Gasteiger partial charge in [0.25, 0.3) is 0 Å². The van der Waals surface area contributed by atoms with Crippen molar-refractivity contribution in [2.45, 2.75) is 24.3 Å². The number of nitrogens with one attached hydrogen (secondary N) is 1. The van der Waals surface area contributed by atoms with Gasteiger partial charge in [-0.3, -0.25) is 20.2 Å². The molecule has 1 saturated heterocycles. The third-order valence-electron chi connectivity index (χ3n) is 5.59. The quantitative estimate of drug-likeness (QED) is 0.559. The van der Waals surface area contributed by atoms with Gasteiger partial charge < -0.3 is 0 Å². The average Bonchev–Trinajstić information content (AvgIpc) is 2.85. The van der Waals surface area contributed by atoms with E-state index in [0.29, 0.717) is 32.5 Å². The van der Waals surface area contributed by atoms with E-state index < -0.39 is 10.0 Å². The number of hydrogen-bond acceptors (Lipinski definition) is 5. The van der Waals surface area contributed by atoms with Gasteiger partial charge in [0.15, 0.2) is 0 Å². The van der Waals surface area contributed by atoms with Crippen LogP contribution in [-0.2, 0) is 21.4 Å². The zero-order valence-electron chi connectivity index (χ0n) is 17.7. The lowest BCUT2D eigenvalue weighted by atomic mass is 9.97. The Labute approximate surface area is 188 Å². The smallest absolute Gasteiger partial charge is 0.244 e. The lowest BCUT2D eigenvalue weighted by Crippen LogP contribution is -2.48. The number of pyridine rings is 1. The van der Waals surface area contributed by atoms with E-state index in [9.17, 15) is 13.2 Å². The maximum atomic E-state index is 13.1. The summed E-state index contributed by atoms with van der Waals surface area (Å²) in [6.07, 6.45) is 3.84. The highest BCUT2D eigenvalue weighted by molar-refractivity contribution is 7.89. The van der Waals surface area contributed by atoms with Gasteiger partial charge in [0.2, 0.25) is 15.9 Å². The van der Waals surface area contributed by atoms with E-state index in [2.05, 4.69) is 10.4 Å². The van der Waals surface area contributed by atoms with Crippen molar-refractivity contribution in [3.8, 4) is 0 Å². The van der Waals surface area contributed by atoms with E-state index in [-0.39, 0.29) is 16.7 Å². The van der Waals surface area contributed by atoms with Crippen LogP contribution in [0.3, 0.4) is 0 Å². The fourth-order valence-electron chi connectivity index (χ4n) is 3.80. The topological polar surface area (TPSA) is 82.6 Å². The summed E-state index contributed by atoms with van der Waals surface area (Å²) in [7, 11) is -3.59. The number of amides is 1. The molecule has 2 heterocycles. The number of aromatic nitrogens is 1. The molecular weight excluding hydrogens is 424 g/mol. The maximum absolute atomic E-state index is 13.1. The van der Waals surface area contributed by atoms with Gasteiger partial charge in [-0.2, -0.15) is 4.31 Å². The summed E-state index contributed by atoms with van der Waals surface area (Å²) in [6.45, 7) is 1.14. The summed E-state index contributed by atoms with van der Waals surface area (Å²) in [5.41, 5.74) is 5.02. The Morgan fingerprint density at radius 3 is 2.25 bits per heavy atom. The van der Waals surface area contributed by atoms with Crippen molar-refractivity contribution in [1.82, 2.24) is 14.7 Å². The van der Waals surface area contributed by atoms with Crippen LogP contribution in [0.1, 0.15) is 18.4 Å². The third-order valence-corrected chi connectivity index (χ3v) is 7.48. The van der Waals surface area contributed by atoms with E-state index in [0.717, 1.165) is 11.3 Å². The molecule has 1 fully saturated rings. The molecule has 32 heavy (non-hydrogen) atoms. The monoisotopic (exact) mass is 450 g/mol. The van der Waals surface area contributed by atoms with Crippen LogP contribution in [0.5, 0.6) is 0 Å². The first kappa shape index (κ1) is 22.0. The maximum Gasteiger partial charge on any atom is 0.244 e. The van der Waals surface area contributed by atoms with Crippen molar-refractivity contribution in [2.24, 2.45) is 5.92 Å². The lowest BCUT2D eigenvalue weighted by Gasteiger charge is -2.32. The molecule has 0 unspecified atom stereocenters. The summed E-state index contributed by atoms with van der Waals surface area (Å²) >= 11 is 0. The highest BCUT2D eigenvalue weighted by atomic mass is 32.2. The largest absolute Gasteiger partial charge is 0.281 e. The van der Waals surface area contributed by atoms with E-state index in [1.807, 2.05) is 65.7 Å². The van der Waals surface area contributed by atoms with Crippen molar-refractivity contribution in [3.05, 3.63) is 90.8 Å². The lowest BCUT2D eigenvalue weighted by molar-refractivity contribution is -0.126. The molecule has 1 amide bonds. The van der Waals surface area contributed by atoms with Crippen LogP contribution in [0.25, 0.3) is 0 Å². The Balaban J connectivity index is 1.41. The number of hydrogen-bond donors (Lipinski definition) is 1. The van der Waals surface area contributed by atoms with Gasteiger partial charge in [0.1, 0.15) is 4.90 Å². The molecule has 0 atom stereocenters. The molecule has 0 spiro atoms. The molecule has 0 bridgehead atoms. The number of sulfonamides is 1. The number of benzene rings is 2. The summed E-state index contributed by atoms with van der Waals surface area (Å²) in [5, 5.41) is 1.84. The molecule has 3 aromatic rings. The van der Waals surface area contributed by atoms with Gasteiger partial charge in [0, 0.05) is 31.4 Å². The molecule has 0 aliphatic carbocycles. The molecule has 1 aliphatic heterocycles. The Morgan fingerprint density at radius 1 is 0.969 bits per heavy atom. The standard InChI is InChI=1S/C24H26N4O3S/c29-24(21-13-16-27(17-14-21)32(30,31)23-12-7-15-25-18-23)26-28(22-10-5-2-6-11-22)19-20-8-3-1-4-9-20/h1-12,15,18,21H,13-14,16-17,19H2,(H,26,29). The van der Waals surface area contributed by atoms with E-state index in [4.69, 9.17) is 0 Å². The van der Waals surface area contributed by atoms with Crippen molar-refractivity contribution in [2.75, 3.05) is 18.1 Å². The first-order valence-electron chi connectivity index (χ1n) is 10.6. The molecule has 1 aromatic heterocycles. The number of carbonyl (C=O) groups excluding carboxylic acids is 1. The number of rotatable bonds is 7. The molecule has 1 aliphatic rings. The Bertz CT molecular complexity index is 1120. The first-order valence-corrected chi connectivity index (χ1v) is 12.1. The van der Waals surface area contributed by atoms with Crippen LogP contribution in [0.15, 0.2) is 90.1 Å². The third kappa shape index (κ3) is 5.15. The van der Waals surface area contributed by atoms with Gasteiger partial charge in [-0.1, -0.05) is 48.5 Å². The van der Waals surface area contributed by atoms with Crippen LogP contribution < -0.4 is 10.4 Å². The summed E-state index contributed by atoms with van der Waals surface area (Å²) in [6, 6.07) is 22.8. The minimum absolute atomic E-state index is 0.0943. The van der Waals surface area contributed by atoms with Gasteiger partial charge in [-0.15, -0.1) is 0 Å². The fraction of sp³-hybridized carbons (Fsp3) is 0.250. The summed E-state index contributed by atoms with van der Waals surface area (Å²) in [4.78, 5) is 17.2. The molecule has 166 valence electrons. The van der Waals surface area contributed by atoms with Gasteiger partial charge in [-0.05, 0) is 42.7 Å². The number of hydrazine groups is 1. The molecule has 2 aromatic carbocycles. The van der Waals surface area contributed by atoms with Gasteiger partial charge in [-0.25, -0.2) is 8.42 Å². The highest BCUT2D eigenvalue weighted by Gasteiger charge is 2.32. The van der Waals surface area contributed by atoms with Gasteiger partial charge in [0.05, 0.1) is 12.2 Å². The van der Waals surface area contributed by atoms with E-state index in [1.165, 1.54) is 10.5 Å². The first-order chi connectivity index (χ1) is 15.5. The van der Waals surface area contributed by atoms with Crippen LogP contribution in [0.2, 0.25) is 0 Å². The summed E-state index contributed by atoms with van der Waals surface area (Å²) in [5.74, 6) is -0.347.